The van der Waals surface area contributed by atoms with Crippen molar-refractivity contribution in [3.05, 3.63) is 42.0 Å². The molecule has 0 N–H and O–H groups in total. The summed E-state index contributed by atoms with van der Waals surface area (Å²) in [4.78, 5) is 11.3. The zero-order valence-corrected chi connectivity index (χ0v) is 23.1. The summed E-state index contributed by atoms with van der Waals surface area (Å²) in [7, 11) is 0. The highest BCUT2D eigenvalue weighted by molar-refractivity contribution is 5.89. The molecule has 2 fully saturated rings. The third-order valence-corrected chi connectivity index (χ3v) is 8.39. The van der Waals surface area contributed by atoms with Crippen molar-refractivity contribution >= 4 is 5.97 Å². The molecule has 36 heavy (non-hydrogen) atoms. The molecule has 202 valence electrons. The third-order valence-electron chi connectivity index (χ3n) is 8.39. The predicted molar refractivity (Wildman–Crippen MR) is 151 cm³/mol. The largest absolute Gasteiger partial charge is 0.494 e. The minimum atomic E-state index is -0.195. The van der Waals surface area contributed by atoms with Crippen LogP contribution in [0.4, 0.5) is 0 Å². The summed E-state index contributed by atoms with van der Waals surface area (Å²) < 4.78 is 11.3. The average molecular weight is 497 g/mol. The molecule has 2 aliphatic rings. The van der Waals surface area contributed by atoms with Crippen LogP contribution < -0.4 is 4.74 Å². The lowest BCUT2D eigenvalue weighted by molar-refractivity contribution is -0.139. The quantitative estimate of drug-likeness (QED) is 0.115. The van der Waals surface area contributed by atoms with Crippen LogP contribution >= 0.6 is 0 Å². The minimum Gasteiger partial charge on any atom is -0.494 e. The Labute approximate surface area is 221 Å². The normalized spacial score (nSPS) is 22.1. The van der Waals surface area contributed by atoms with Crippen LogP contribution in [-0.2, 0) is 9.53 Å². The first-order valence-corrected chi connectivity index (χ1v) is 15.3. The molecule has 1 aliphatic heterocycles. The fourth-order valence-electron chi connectivity index (χ4n) is 6.00. The van der Waals surface area contributed by atoms with E-state index in [1.165, 1.54) is 102 Å². The van der Waals surface area contributed by atoms with Gasteiger partial charge in [0.1, 0.15) is 11.9 Å². The van der Waals surface area contributed by atoms with E-state index in [-0.39, 0.29) is 12.1 Å². The molecular weight excluding hydrogens is 444 g/mol. The summed E-state index contributed by atoms with van der Waals surface area (Å²) >= 11 is 0. The van der Waals surface area contributed by atoms with Crippen LogP contribution in [0.5, 0.6) is 5.75 Å². The molecular formula is C33H52O3. The number of esters is 1. The van der Waals surface area contributed by atoms with Crippen molar-refractivity contribution in [2.24, 2.45) is 5.92 Å². The lowest BCUT2D eigenvalue weighted by Crippen LogP contribution is -2.13. The molecule has 0 amide bonds. The van der Waals surface area contributed by atoms with Crippen LogP contribution in [0.25, 0.3) is 0 Å². The van der Waals surface area contributed by atoms with Gasteiger partial charge in [0.05, 0.1) is 6.61 Å². The fraction of sp³-hybridized carbons (Fsp3) is 0.727. The van der Waals surface area contributed by atoms with Crippen LogP contribution in [0.15, 0.2) is 36.4 Å². The summed E-state index contributed by atoms with van der Waals surface area (Å²) in [5, 5.41) is 0. The minimum absolute atomic E-state index is 0.0844. The molecule has 0 radical (unpaired) electrons. The van der Waals surface area contributed by atoms with E-state index in [1.807, 2.05) is 0 Å². The van der Waals surface area contributed by atoms with Gasteiger partial charge >= 0.3 is 5.97 Å². The van der Waals surface area contributed by atoms with E-state index in [1.54, 1.807) is 0 Å². The predicted octanol–water partition coefficient (Wildman–Crippen LogP) is 9.69. The molecule has 1 heterocycles. The molecule has 3 nitrogen and oxygen atoms in total. The zero-order valence-electron chi connectivity index (χ0n) is 23.1. The maximum absolute atomic E-state index is 11.3. The van der Waals surface area contributed by atoms with Crippen LogP contribution in [0.2, 0.25) is 0 Å². The van der Waals surface area contributed by atoms with Gasteiger partial charge in [0.25, 0.3) is 0 Å². The molecule has 3 rings (SSSR count). The average Bonchev–Trinajstić information content (AvgIpc) is 3.22. The molecule has 1 aromatic carbocycles. The maximum Gasteiger partial charge on any atom is 0.333 e. The van der Waals surface area contributed by atoms with Gasteiger partial charge in [-0.3, -0.25) is 0 Å². The lowest BCUT2D eigenvalue weighted by atomic mass is 9.77. The highest BCUT2D eigenvalue weighted by Gasteiger charge is 2.26. The Balaban J connectivity index is 1.15. The Bertz CT molecular complexity index is 729. The standard InChI is InChI=1S/C33H52O3/c1-3-4-5-9-12-15-28-17-19-29(20-18-28)30-21-23-31(24-22-30)35-25-14-11-8-6-7-10-13-16-32-26-27(2)33(34)36-32/h21-24,28-29,32H,2-20,25-26H2,1H3. The van der Waals surface area contributed by atoms with Gasteiger partial charge in [0.15, 0.2) is 0 Å². The van der Waals surface area contributed by atoms with Gasteiger partial charge in [-0.25, -0.2) is 4.79 Å². The van der Waals surface area contributed by atoms with Crippen LogP contribution in [0, 0.1) is 5.92 Å². The number of ether oxygens (including phenoxy) is 2. The van der Waals surface area contributed by atoms with E-state index in [0.717, 1.165) is 49.9 Å². The van der Waals surface area contributed by atoms with E-state index in [2.05, 4.69) is 37.8 Å². The Morgan fingerprint density at radius 1 is 0.806 bits per heavy atom. The van der Waals surface area contributed by atoms with Gasteiger partial charge in [-0.15, -0.1) is 0 Å². The van der Waals surface area contributed by atoms with Gasteiger partial charge in [-0.2, -0.15) is 0 Å². The molecule has 1 unspecified atom stereocenters. The number of rotatable bonds is 18. The topological polar surface area (TPSA) is 35.5 Å². The summed E-state index contributed by atoms with van der Waals surface area (Å²) in [6.45, 7) is 6.87. The molecule has 0 bridgehead atoms. The highest BCUT2D eigenvalue weighted by atomic mass is 16.5. The van der Waals surface area contributed by atoms with Crippen LogP contribution in [0.3, 0.4) is 0 Å². The monoisotopic (exact) mass is 496 g/mol. The van der Waals surface area contributed by atoms with Crippen molar-refractivity contribution in [2.45, 2.75) is 141 Å². The summed E-state index contributed by atoms with van der Waals surface area (Å²) in [5.74, 6) is 2.56. The summed E-state index contributed by atoms with van der Waals surface area (Å²) in [6, 6.07) is 9.00. The zero-order chi connectivity index (χ0) is 25.4. The van der Waals surface area contributed by atoms with Gasteiger partial charge < -0.3 is 9.47 Å². The number of benzene rings is 1. The second kappa shape index (κ2) is 16.9. The first-order valence-electron chi connectivity index (χ1n) is 15.3. The first-order chi connectivity index (χ1) is 17.7. The van der Waals surface area contributed by atoms with Gasteiger partial charge in [-0.1, -0.05) is 96.3 Å². The van der Waals surface area contributed by atoms with Crippen molar-refractivity contribution in [1.82, 2.24) is 0 Å². The Morgan fingerprint density at radius 3 is 2.06 bits per heavy atom. The van der Waals surface area contributed by atoms with E-state index in [0.29, 0.717) is 5.57 Å². The van der Waals surface area contributed by atoms with Crippen molar-refractivity contribution in [3.63, 3.8) is 0 Å². The fourth-order valence-corrected chi connectivity index (χ4v) is 6.00. The molecule has 1 saturated carbocycles. The lowest BCUT2D eigenvalue weighted by Gasteiger charge is -2.29. The van der Waals surface area contributed by atoms with E-state index < -0.39 is 0 Å². The van der Waals surface area contributed by atoms with Gasteiger partial charge in [0, 0.05) is 12.0 Å². The smallest absolute Gasteiger partial charge is 0.333 e. The molecule has 1 aliphatic carbocycles. The van der Waals surface area contributed by atoms with E-state index in [4.69, 9.17) is 9.47 Å². The van der Waals surface area contributed by atoms with Crippen molar-refractivity contribution in [3.8, 4) is 5.75 Å². The molecule has 1 aromatic rings. The van der Waals surface area contributed by atoms with E-state index >= 15 is 0 Å². The number of hydrogen-bond acceptors (Lipinski definition) is 3. The number of unbranched alkanes of at least 4 members (excludes halogenated alkanes) is 10. The maximum atomic E-state index is 11.3. The number of carbonyl (C=O) groups excluding carboxylic acids is 1. The van der Waals surface area contributed by atoms with Crippen LogP contribution in [0.1, 0.15) is 140 Å². The van der Waals surface area contributed by atoms with Crippen molar-refractivity contribution < 1.29 is 14.3 Å². The van der Waals surface area contributed by atoms with Crippen LogP contribution in [-0.4, -0.2) is 18.7 Å². The second-order valence-corrected chi connectivity index (χ2v) is 11.4. The summed E-state index contributed by atoms with van der Waals surface area (Å²) in [5.41, 5.74) is 2.15. The number of cyclic esters (lactones) is 1. The molecule has 3 heteroatoms. The molecule has 0 spiro atoms. The van der Waals surface area contributed by atoms with E-state index in [9.17, 15) is 4.79 Å². The van der Waals surface area contributed by atoms with Gasteiger partial charge in [-0.05, 0) is 74.5 Å². The second-order valence-electron chi connectivity index (χ2n) is 11.4. The number of hydrogen-bond donors (Lipinski definition) is 0. The molecule has 1 saturated heterocycles. The Kier molecular flexibility index (Phi) is 13.5. The summed E-state index contributed by atoms with van der Waals surface area (Å²) in [6.07, 6.45) is 24.4. The molecule has 1 atom stereocenters. The van der Waals surface area contributed by atoms with Crippen molar-refractivity contribution in [2.75, 3.05) is 6.61 Å². The van der Waals surface area contributed by atoms with Crippen molar-refractivity contribution in [1.29, 1.82) is 0 Å². The first kappa shape index (κ1) is 28.8. The number of carbonyl (C=O) groups is 1. The Morgan fingerprint density at radius 2 is 1.42 bits per heavy atom. The molecule has 0 aromatic heterocycles. The Hall–Kier alpha value is -1.77. The highest BCUT2D eigenvalue weighted by Crippen LogP contribution is 2.38. The van der Waals surface area contributed by atoms with Gasteiger partial charge in [0.2, 0.25) is 0 Å². The third kappa shape index (κ3) is 10.7. The SMILES string of the molecule is C=C1CC(CCCCCCCCCOc2ccc(C3CCC(CCCCCCC)CC3)cc2)OC1=O.